The van der Waals surface area contributed by atoms with Crippen LogP contribution in [0, 0.1) is 17.2 Å². The summed E-state index contributed by atoms with van der Waals surface area (Å²) in [6.45, 7) is 6.29. The summed E-state index contributed by atoms with van der Waals surface area (Å²) in [6, 6.07) is 7.65. The molecular formula is C15H17N3O2S. The molecule has 0 radical (unpaired) electrons. The molecule has 2 aromatic rings. The number of hydrogen-bond acceptors (Lipinski definition) is 4. The number of carbonyl (C=O) groups is 1. The summed E-state index contributed by atoms with van der Waals surface area (Å²) in [5.41, 5.74) is 2.24. The highest BCUT2D eigenvalue weighted by Crippen LogP contribution is 2.31. The van der Waals surface area contributed by atoms with Crippen LogP contribution >= 0.6 is 11.8 Å². The summed E-state index contributed by atoms with van der Waals surface area (Å²) in [7, 11) is 0. The van der Waals surface area contributed by atoms with E-state index >= 15 is 0 Å². The van der Waals surface area contributed by atoms with Crippen LogP contribution in [0.3, 0.4) is 0 Å². The molecule has 110 valence electrons. The van der Waals surface area contributed by atoms with Crippen molar-refractivity contribution in [3.8, 4) is 6.07 Å². The van der Waals surface area contributed by atoms with Crippen LogP contribution in [0.25, 0.3) is 11.0 Å². The molecule has 0 saturated carbocycles. The molecule has 0 aliphatic rings. The number of thioether (sulfide) groups is 1. The fourth-order valence-corrected chi connectivity index (χ4v) is 2.88. The van der Waals surface area contributed by atoms with E-state index in [1.54, 1.807) is 6.07 Å². The number of aromatic nitrogens is 2. The molecule has 0 saturated heterocycles. The van der Waals surface area contributed by atoms with Crippen molar-refractivity contribution in [2.75, 3.05) is 5.75 Å². The first-order valence-corrected chi connectivity index (χ1v) is 7.69. The number of nitrogens with zero attached hydrogens (tertiary/aromatic N) is 3. The Balaban J connectivity index is 2.58. The first-order valence-electron chi connectivity index (χ1n) is 6.70. The van der Waals surface area contributed by atoms with Crippen molar-refractivity contribution in [1.82, 2.24) is 9.55 Å². The Hall–Kier alpha value is -2.00. The van der Waals surface area contributed by atoms with Gasteiger partial charge in [-0.3, -0.25) is 4.79 Å². The second-order valence-electron chi connectivity index (χ2n) is 5.25. The topological polar surface area (TPSA) is 78.9 Å². The summed E-state index contributed by atoms with van der Waals surface area (Å²) in [5, 5.41) is 18.6. The van der Waals surface area contributed by atoms with Gasteiger partial charge in [0.2, 0.25) is 0 Å². The summed E-state index contributed by atoms with van der Waals surface area (Å²) < 4.78 is 2.04. The Labute approximate surface area is 127 Å². The molecule has 0 amide bonds. The van der Waals surface area contributed by atoms with Crippen LogP contribution < -0.4 is 0 Å². The molecule has 1 N–H and O–H groups in total. The first kappa shape index (κ1) is 15.4. The van der Waals surface area contributed by atoms with Crippen LogP contribution in [-0.2, 0) is 4.79 Å². The van der Waals surface area contributed by atoms with Gasteiger partial charge in [0.1, 0.15) is 0 Å². The molecule has 1 heterocycles. The summed E-state index contributed by atoms with van der Waals surface area (Å²) in [6.07, 6.45) is 0. The van der Waals surface area contributed by atoms with Crippen molar-refractivity contribution < 1.29 is 9.90 Å². The van der Waals surface area contributed by atoms with Gasteiger partial charge >= 0.3 is 5.97 Å². The van der Waals surface area contributed by atoms with Crippen LogP contribution in [0.15, 0.2) is 23.4 Å². The van der Waals surface area contributed by atoms with Gasteiger partial charge in [-0.1, -0.05) is 25.6 Å². The smallest absolute Gasteiger partial charge is 0.313 e. The molecule has 1 aromatic heterocycles. The van der Waals surface area contributed by atoms with Crippen molar-refractivity contribution >= 4 is 28.8 Å². The second kappa shape index (κ2) is 6.19. The monoisotopic (exact) mass is 303 g/mol. The van der Waals surface area contributed by atoms with E-state index in [-0.39, 0.29) is 11.8 Å². The van der Waals surface area contributed by atoms with Crippen molar-refractivity contribution in [3.63, 3.8) is 0 Å². The molecule has 0 aliphatic carbocycles. The third-order valence-electron chi connectivity index (χ3n) is 3.48. The van der Waals surface area contributed by atoms with Gasteiger partial charge in [0, 0.05) is 6.04 Å². The third kappa shape index (κ3) is 3.19. The Bertz CT molecular complexity index is 716. The minimum atomic E-state index is -0.867. The quantitative estimate of drug-likeness (QED) is 0.857. The van der Waals surface area contributed by atoms with Gasteiger partial charge in [-0.05, 0) is 31.0 Å². The third-order valence-corrected chi connectivity index (χ3v) is 4.42. The zero-order valence-electron chi connectivity index (χ0n) is 12.2. The SMILES string of the molecule is CC(C)C(C)n1c(SCC(=O)O)nc2ccc(C#N)cc21. The number of benzene rings is 1. The van der Waals surface area contributed by atoms with E-state index in [0.717, 1.165) is 11.0 Å². The lowest BCUT2D eigenvalue weighted by atomic mass is 10.1. The molecule has 1 aromatic carbocycles. The molecule has 1 atom stereocenters. The van der Waals surface area contributed by atoms with Crippen molar-refractivity contribution in [2.45, 2.75) is 32.0 Å². The molecule has 1 unspecified atom stereocenters. The largest absolute Gasteiger partial charge is 0.481 e. The number of nitriles is 1. The van der Waals surface area contributed by atoms with Gasteiger partial charge in [-0.25, -0.2) is 4.98 Å². The molecule has 21 heavy (non-hydrogen) atoms. The Morgan fingerprint density at radius 2 is 2.19 bits per heavy atom. The zero-order valence-corrected chi connectivity index (χ0v) is 13.0. The first-order chi connectivity index (χ1) is 9.93. The van der Waals surface area contributed by atoms with Crippen molar-refractivity contribution in [1.29, 1.82) is 5.26 Å². The van der Waals surface area contributed by atoms with Crippen LogP contribution in [0.2, 0.25) is 0 Å². The number of hydrogen-bond donors (Lipinski definition) is 1. The van der Waals surface area contributed by atoms with Crippen LogP contribution in [0.4, 0.5) is 0 Å². The molecule has 0 spiro atoms. The lowest BCUT2D eigenvalue weighted by Gasteiger charge is -2.20. The predicted octanol–water partition coefficient (Wildman–Crippen LogP) is 3.30. The Morgan fingerprint density at radius 1 is 1.48 bits per heavy atom. The van der Waals surface area contributed by atoms with Gasteiger partial charge in [0.15, 0.2) is 5.16 Å². The zero-order chi connectivity index (χ0) is 15.6. The number of rotatable bonds is 5. The van der Waals surface area contributed by atoms with E-state index in [2.05, 4.69) is 31.8 Å². The van der Waals surface area contributed by atoms with Crippen LogP contribution in [0.5, 0.6) is 0 Å². The predicted molar refractivity (Wildman–Crippen MR) is 82.4 cm³/mol. The van der Waals surface area contributed by atoms with Crippen LogP contribution in [-0.4, -0.2) is 26.4 Å². The Morgan fingerprint density at radius 3 is 2.76 bits per heavy atom. The second-order valence-corrected chi connectivity index (χ2v) is 6.19. The van der Waals surface area contributed by atoms with Gasteiger partial charge in [0.05, 0.1) is 28.4 Å². The minimum Gasteiger partial charge on any atom is -0.481 e. The number of imidazole rings is 1. The average molecular weight is 303 g/mol. The fourth-order valence-electron chi connectivity index (χ4n) is 2.06. The van der Waals surface area contributed by atoms with E-state index in [1.807, 2.05) is 16.7 Å². The highest BCUT2D eigenvalue weighted by Gasteiger charge is 2.19. The van der Waals surface area contributed by atoms with Gasteiger partial charge in [-0.15, -0.1) is 0 Å². The Kier molecular flexibility index (Phi) is 4.53. The average Bonchev–Trinajstić information content (AvgIpc) is 2.81. The van der Waals surface area contributed by atoms with Crippen LogP contribution in [0.1, 0.15) is 32.4 Å². The van der Waals surface area contributed by atoms with E-state index in [1.165, 1.54) is 11.8 Å². The normalized spacial score (nSPS) is 12.5. The van der Waals surface area contributed by atoms with E-state index in [9.17, 15) is 4.79 Å². The van der Waals surface area contributed by atoms with Gasteiger partial charge in [0.25, 0.3) is 0 Å². The summed E-state index contributed by atoms with van der Waals surface area (Å²) >= 11 is 1.21. The maximum Gasteiger partial charge on any atom is 0.313 e. The molecular weight excluding hydrogens is 286 g/mol. The maximum atomic E-state index is 10.8. The highest BCUT2D eigenvalue weighted by atomic mass is 32.2. The summed E-state index contributed by atoms with van der Waals surface area (Å²) in [4.78, 5) is 15.3. The lowest BCUT2D eigenvalue weighted by Crippen LogP contribution is -2.13. The molecule has 2 rings (SSSR count). The van der Waals surface area contributed by atoms with Crippen molar-refractivity contribution in [3.05, 3.63) is 23.8 Å². The standard InChI is InChI=1S/C15H17N3O2S/c1-9(2)10(3)18-13-6-11(7-16)4-5-12(13)17-15(18)21-8-14(19)20/h4-6,9-10H,8H2,1-3H3,(H,19,20). The molecule has 0 aliphatic heterocycles. The summed E-state index contributed by atoms with van der Waals surface area (Å²) in [5.74, 6) is -0.523. The van der Waals surface area contributed by atoms with E-state index in [0.29, 0.717) is 16.6 Å². The molecule has 6 heteroatoms. The number of aliphatic carboxylic acids is 1. The number of fused-ring (bicyclic) bond motifs is 1. The molecule has 0 bridgehead atoms. The van der Waals surface area contributed by atoms with E-state index < -0.39 is 5.97 Å². The highest BCUT2D eigenvalue weighted by molar-refractivity contribution is 7.99. The maximum absolute atomic E-state index is 10.8. The van der Waals surface area contributed by atoms with Gasteiger partial charge < -0.3 is 9.67 Å². The minimum absolute atomic E-state index is 0.0285. The lowest BCUT2D eigenvalue weighted by molar-refractivity contribution is -0.133. The molecule has 0 fully saturated rings. The van der Waals surface area contributed by atoms with Crippen molar-refractivity contribution in [2.24, 2.45) is 5.92 Å². The fraction of sp³-hybridized carbons (Fsp3) is 0.400. The van der Waals surface area contributed by atoms with Gasteiger partial charge in [-0.2, -0.15) is 5.26 Å². The molecule has 5 nitrogen and oxygen atoms in total. The number of carboxylic acids is 1. The van der Waals surface area contributed by atoms with E-state index in [4.69, 9.17) is 10.4 Å². The number of carboxylic acid groups (broad SMARTS) is 1.